The third kappa shape index (κ3) is 3.20. The van der Waals surface area contributed by atoms with Crippen molar-refractivity contribution in [3.8, 4) is 6.07 Å². The van der Waals surface area contributed by atoms with Crippen LogP contribution in [0.25, 0.3) is 0 Å². The molecule has 1 heterocycles. The Morgan fingerprint density at radius 3 is 2.55 bits per heavy atom. The summed E-state index contributed by atoms with van der Waals surface area (Å²) < 4.78 is 6.27. The molecule has 1 fully saturated rings. The van der Waals surface area contributed by atoms with E-state index in [1.807, 2.05) is 24.3 Å². The Morgan fingerprint density at radius 1 is 1.40 bits per heavy atom. The summed E-state index contributed by atoms with van der Waals surface area (Å²) in [6.45, 7) is 1.47. The van der Waals surface area contributed by atoms with Gasteiger partial charge in [0, 0.05) is 31.3 Å². The summed E-state index contributed by atoms with van der Waals surface area (Å²) in [5, 5.41) is 9.40. The first-order chi connectivity index (χ1) is 9.57. The molecule has 1 aromatic carbocycles. The summed E-state index contributed by atoms with van der Waals surface area (Å²) in [6, 6.07) is 10.0. The second kappa shape index (κ2) is 6.38. The van der Waals surface area contributed by atoms with Crippen LogP contribution in [0.15, 0.2) is 28.7 Å². The van der Waals surface area contributed by atoms with Gasteiger partial charge in [-0.15, -0.1) is 0 Å². The number of benzene rings is 1. The number of halogens is 1. The molecule has 0 aromatic heterocycles. The van der Waals surface area contributed by atoms with Gasteiger partial charge in [-0.3, -0.25) is 4.79 Å². The van der Waals surface area contributed by atoms with Gasteiger partial charge >= 0.3 is 0 Å². The third-order valence-corrected chi connectivity index (χ3v) is 4.18. The molecule has 106 valence electrons. The Balaban J connectivity index is 2.07. The van der Waals surface area contributed by atoms with Gasteiger partial charge in [0.15, 0.2) is 0 Å². The number of hydrogen-bond acceptors (Lipinski definition) is 3. The van der Waals surface area contributed by atoms with Crippen molar-refractivity contribution >= 4 is 21.8 Å². The van der Waals surface area contributed by atoms with Crippen LogP contribution >= 0.6 is 15.9 Å². The van der Waals surface area contributed by atoms with Crippen LogP contribution in [0.4, 0.5) is 0 Å². The van der Waals surface area contributed by atoms with E-state index in [1.54, 1.807) is 11.9 Å². The molecular weight excluding hydrogens is 320 g/mol. The van der Waals surface area contributed by atoms with Crippen LogP contribution in [0.3, 0.4) is 0 Å². The second-order valence-electron chi connectivity index (χ2n) is 5.09. The molecular formula is C15H17BrN2O2. The van der Waals surface area contributed by atoms with E-state index in [4.69, 9.17) is 4.74 Å². The Kier molecular flexibility index (Phi) is 4.79. The van der Waals surface area contributed by atoms with Crippen molar-refractivity contribution in [2.75, 3.05) is 20.3 Å². The lowest BCUT2D eigenvalue weighted by Gasteiger charge is -2.33. The molecule has 1 aliphatic heterocycles. The fourth-order valence-corrected chi connectivity index (χ4v) is 2.66. The first-order valence-electron chi connectivity index (χ1n) is 6.56. The highest BCUT2D eigenvalue weighted by Crippen LogP contribution is 2.32. The predicted octanol–water partition coefficient (Wildman–Crippen LogP) is 2.73. The first kappa shape index (κ1) is 15.0. The van der Waals surface area contributed by atoms with Crippen LogP contribution in [0.2, 0.25) is 0 Å². The Bertz CT molecular complexity index is 516. The molecule has 0 spiro atoms. The van der Waals surface area contributed by atoms with E-state index in [0.717, 1.165) is 10.0 Å². The Labute approximate surface area is 127 Å². The van der Waals surface area contributed by atoms with Gasteiger partial charge in [0.2, 0.25) is 5.91 Å². The van der Waals surface area contributed by atoms with E-state index < -0.39 is 5.41 Å². The molecule has 4 nitrogen and oxygen atoms in total. The van der Waals surface area contributed by atoms with Crippen molar-refractivity contribution in [3.05, 3.63) is 34.3 Å². The van der Waals surface area contributed by atoms with Crippen molar-refractivity contribution in [3.63, 3.8) is 0 Å². The summed E-state index contributed by atoms with van der Waals surface area (Å²) in [4.78, 5) is 14.2. The zero-order valence-corrected chi connectivity index (χ0v) is 13.0. The maximum atomic E-state index is 12.6. The number of rotatable bonds is 3. The van der Waals surface area contributed by atoms with Gasteiger partial charge in [0.05, 0.1) is 6.07 Å². The highest BCUT2D eigenvalue weighted by molar-refractivity contribution is 9.10. The Morgan fingerprint density at radius 2 is 2.00 bits per heavy atom. The van der Waals surface area contributed by atoms with Crippen molar-refractivity contribution in [1.29, 1.82) is 5.26 Å². The topological polar surface area (TPSA) is 53.3 Å². The molecule has 0 N–H and O–H groups in total. The van der Waals surface area contributed by atoms with E-state index in [-0.39, 0.29) is 5.91 Å². The van der Waals surface area contributed by atoms with Crippen molar-refractivity contribution < 1.29 is 9.53 Å². The summed E-state index contributed by atoms with van der Waals surface area (Å²) >= 11 is 3.39. The quantitative estimate of drug-likeness (QED) is 0.852. The molecule has 5 heteroatoms. The summed E-state index contributed by atoms with van der Waals surface area (Å²) in [6.07, 6.45) is 0.958. The van der Waals surface area contributed by atoms with Gasteiger partial charge in [-0.2, -0.15) is 5.26 Å². The van der Waals surface area contributed by atoms with E-state index in [1.165, 1.54) is 0 Å². The van der Waals surface area contributed by atoms with Gasteiger partial charge in [0.25, 0.3) is 0 Å². The molecule has 0 radical (unpaired) electrons. The molecule has 0 atom stereocenters. The average molecular weight is 337 g/mol. The van der Waals surface area contributed by atoms with Crippen LogP contribution in [0.5, 0.6) is 0 Å². The standard InChI is InChI=1S/C15H17BrN2O2/c1-18(10-12-2-4-13(16)5-3-12)14(19)15(11-17)6-8-20-9-7-15/h2-5H,6-10H2,1H3. The van der Waals surface area contributed by atoms with Gasteiger partial charge in [-0.1, -0.05) is 28.1 Å². The van der Waals surface area contributed by atoms with Crippen LogP contribution in [-0.4, -0.2) is 31.1 Å². The molecule has 20 heavy (non-hydrogen) atoms. The number of ether oxygens (including phenoxy) is 1. The zero-order chi connectivity index (χ0) is 14.6. The summed E-state index contributed by atoms with van der Waals surface area (Å²) in [5.41, 5.74) is 0.131. The molecule has 0 saturated carbocycles. The van der Waals surface area contributed by atoms with Gasteiger partial charge in [-0.25, -0.2) is 0 Å². The minimum absolute atomic E-state index is 0.105. The molecule has 1 aliphatic rings. The maximum absolute atomic E-state index is 12.6. The first-order valence-corrected chi connectivity index (χ1v) is 7.36. The van der Waals surface area contributed by atoms with Gasteiger partial charge in [-0.05, 0) is 30.5 Å². The van der Waals surface area contributed by atoms with E-state index in [0.29, 0.717) is 32.6 Å². The van der Waals surface area contributed by atoms with Gasteiger partial charge in [0.1, 0.15) is 5.41 Å². The molecule has 1 amide bonds. The molecule has 0 bridgehead atoms. The number of hydrogen-bond donors (Lipinski definition) is 0. The smallest absolute Gasteiger partial charge is 0.243 e. The summed E-state index contributed by atoms with van der Waals surface area (Å²) in [7, 11) is 1.75. The number of carbonyl (C=O) groups is 1. The van der Waals surface area contributed by atoms with Crippen LogP contribution < -0.4 is 0 Å². The molecule has 1 aromatic rings. The minimum Gasteiger partial charge on any atom is -0.381 e. The third-order valence-electron chi connectivity index (χ3n) is 3.65. The largest absolute Gasteiger partial charge is 0.381 e. The highest BCUT2D eigenvalue weighted by atomic mass is 79.9. The fourth-order valence-electron chi connectivity index (χ4n) is 2.39. The van der Waals surface area contributed by atoms with E-state index in [2.05, 4.69) is 22.0 Å². The SMILES string of the molecule is CN(Cc1ccc(Br)cc1)C(=O)C1(C#N)CCOCC1. The van der Waals surface area contributed by atoms with E-state index in [9.17, 15) is 10.1 Å². The average Bonchev–Trinajstić information content (AvgIpc) is 2.49. The van der Waals surface area contributed by atoms with Crippen molar-refractivity contribution in [2.45, 2.75) is 19.4 Å². The second-order valence-corrected chi connectivity index (χ2v) is 6.01. The molecule has 2 rings (SSSR count). The Hall–Kier alpha value is -1.38. The zero-order valence-electron chi connectivity index (χ0n) is 11.4. The minimum atomic E-state index is -0.914. The number of amides is 1. The van der Waals surface area contributed by atoms with Crippen LogP contribution in [0.1, 0.15) is 18.4 Å². The van der Waals surface area contributed by atoms with Crippen LogP contribution in [0, 0.1) is 16.7 Å². The number of nitriles is 1. The molecule has 0 aliphatic carbocycles. The lowest BCUT2D eigenvalue weighted by atomic mass is 9.80. The number of nitrogens with zero attached hydrogens (tertiary/aromatic N) is 2. The summed E-state index contributed by atoms with van der Waals surface area (Å²) in [5.74, 6) is -0.105. The predicted molar refractivity (Wildman–Crippen MR) is 78.7 cm³/mol. The molecule has 0 unspecified atom stereocenters. The number of carbonyl (C=O) groups excluding carboxylic acids is 1. The monoisotopic (exact) mass is 336 g/mol. The molecule has 1 saturated heterocycles. The lowest BCUT2D eigenvalue weighted by Crippen LogP contribution is -2.44. The highest BCUT2D eigenvalue weighted by Gasteiger charge is 2.42. The van der Waals surface area contributed by atoms with Crippen molar-refractivity contribution in [2.24, 2.45) is 5.41 Å². The lowest BCUT2D eigenvalue weighted by molar-refractivity contribution is -0.142. The maximum Gasteiger partial charge on any atom is 0.243 e. The van der Waals surface area contributed by atoms with Crippen LogP contribution in [-0.2, 0) is 16.1 Å². The van der Waals surface area contributed by atoms with Crippen molar-refractivity contribution in [1.82, 2.24) is 4.90 Å². The van der Waals surface area contributed by atoms with Gasteiger partial charge < -0.3 is 9.64 Å². The fraction of sp³-hybridized carbons (Fsp3) is 0.467. The van der Waals surface area contributed by atoms with E-state index >= 15 is 0 Å². The normalized spacial score (nSPS) is 17.2.